The molecule has 1 saturated carbocycles. The van der Waals surface area contributed by atoms with E-state index in [1.807, 2.05) is 0 Å². The third-order valence-corrected chi connectivity index (χ3v) is 5.30. The molecule has 1 aliphatic carbocycles. The number of hydrogen-bond acceptors (Lipinski definition) is 3. The van der Waals surface area contributed by atoms with Crippen molar-refractivity contribution in [3.63, 3.8) is 0 Å². The van der Waals surface area contributed by atoms with E-state index in [0.29, 0.717) is 5.92 Å². The van der Waals surface area contributed by atoms with Crippen LogP contribution in [0.15, 0.2) is 0 Å². The van der Waals surface area contributed by atoms with Crippen molar-refractivity contribution in [2.45, 2.75) is 63.7 Å². The van der Waals surface area contributed by atoms with E-state index < -0.39 is 17.8 Å². The topological polar surface area (TPSA) is 75.6 Å². The first kappa shape index (κ1) is 13.9. The maximum atomic E-state index is 12.5. The second-order valence-corrected chi connectivity index (χ2v) is 6.56. The number of carbonyl (C=O) groups is 2. The van der Waals surface area contributed by atoms with Crippen molar-refractivity contribution in [1.29, 1.82) is 0 Å². The van der Waals surface area contributed by atoms with Crippen molar-refractivity contribution in [2.24, 2.45) is 17.8 Å². The Hall–Kier alpha value is -1.10. The Morgan fingerprint density at radius 1 is 1.05 bits per heavy atom. The molecule has 0 aromatic heterocycles. The molecule has 0 aromatic rings. The molecule has 0 aromatic carbocycles. The van der Waals surface area contributed by atoms with Gasteiger partial charge in [-0.15, -0.1) is 0 Å². The van der Waals surface area contributed by atoms with Gasteiger partial charge in [0.25, 0.3) is 0 Å². The lowest BCUT2D eigenvalue weighted by atomic mass is 9.78. The Morgan fingerprint density at radius 3 is 2.35 bits per heavy atom. The maximum absolute atomic E-state index is 12.5. The van der Waals surface area contributed by atoms with Gasteiger partial charge in [-0.1, -0.05) is 19.8 Å². The van der Waals surface area contributed by atoms with Crippen molar-refractivity contribution < 1.29 is 19.4 Å². The van der Waals surface area contributed by atoms with E-state index in [1.165, 1.54) is 6.42 Å². The van der Waals surface area contributed by atoms with Crippen molar-refractivity contribution in [2.75, 3.05) is 0 Å². The number of amides is 1. The summed E-state index contributed by atoms with van der Waals surface area (Å²) in [6, 6.07) is 0.199. The monoisotopic (exact) mass is 281 g/mol. The summed E-state index contributed by atoms with van der Waals surface area (Å²) < 4.78 is 5.65. The predicted octanol–water partition coefficient (Wildman–Crippen LogP) is 1.56. The van der Waals surface area contributed by atoms with Crippen LogP contribution >= 0.6 is 0 Å². The predicted molar refractivity (Wildman–Crippen MR) is 72.1 cm³/mol. The van der Waals surface area contributed by atoms with Crippen molar-refractivity contribution in [3.05, 3.63) is 0 Å². The quantitative estimate of drug-likeness (QED) is 0.823. The number of rotatable bonds is 3. The van der Waals surface area contributed by atoms with Gasteiger partial charge in [0.15, 0.2) is 0 Å². The highest BCUT2D eigenvalue weighted by atomic mass is 16.5. The summed E-state index contributed by atoms with van der Waals surface area (Å²) >= 11 is 0. The van der Waals surface area contributed by atoms with E-state index in [9.17, 15) is 14.7 Å². The van der Waals surface area contributed by atoms with Crippen LogP contribution in [0, 0.1) is 17.8 Å². The van der Waals surface area contributed by atoms with Gasteiger partial charge in [0.2, 0.25) is 5.91 Å². The minimum absolute atomic E-state index is 0.108. The molecule has 3 fully saturated rings. The zero-order valence-electron chi connectivity index (χ0n) is 11.9. The Balaban J connectivity index is 1.68. The fraction of sp³-hybridized carbons (Fsp3) is 0.867. The van der Waals surface area contributed by atoms with Gasteiger partial charge in [-0.2, -0.15) is 0 Å². The number of aliphatic carboxylic acids is 1. The molecule has 20 heavy (non-hydrogen) atoms. The number of ether oxygens (including phenoxy) is 1. The summed E-state index contributed by atoms with van der Waals surface area (Å²) in [6.07, 6.45) is 5.63. The number of carboxylic acid groups (broad SMARTS) is 1. The summed E-state index contributed by atoms with van der Waals surface area (Å²) in [5.74, 6) is -1.68. The van der Waals surface area contributed by atoms with Gasteiger partial charge in [0, 0.05) is 6.04 Å². The molecule has 2 N–H and O–H groups in total. The van der Waals surface area contributed by atoms with Crippen LogP contribution < -0.4 is 5.32 Å². The lowest BCUT2D eigenvalue weighted by Crippen LogP contribution is -2.49. The fourth-order valence-electron chi connectivity index (χ4n) is 4.13. The van der Waals surface area contributed by atoms with E-state index in [0.717, 1.165) is 32.1 Å². The third kappa shape index (κ3) is 2.32. The Kier molecular flexibility index (Phi) is 3.71. The van der Waals surface area contributed by atoms with Crippen LogP contribution in [0.3, 0.4) is 0 Å². The molecule has 1 amide bonds. The summed E-state index contributed by atoms with van der Waals surface area (Å²) in [4.78, 5) is 23.9. The molecular weight excluding hydrogens is 258 g/mol. The van der Waals surface area contributed by atoms with Gasteiger partial charge >= 0.3 is 5.97 Å². The SMILES string of the molecule is C[C@@H]1CCCC[C@@H]1NC(=O)[C@@H]1[C@H](C(=O)O)[C@H]2CC[C@H]1O2. The average molecular weight is 281 g/mol. The van der Waals surface area contributed by atoms with Gasteiger partial charge in [-0.05, 0) is 31.6 Å². The largest absolute Gasteiger partial charge is 0.481 e. The minimum Gasteiger partial charge on any atom is -0.481 e. The average Bonchev–Trinajstić information content (AvgIpc) is 3.01. The van der Waals surface area contributed by atoms with Crippen LogP contribution in [0.25, 0.3) is 0 Å². The van der Waals surface area contributed by atoms with E-state index in [1.54, 1.807) is 0 Å². The smallest absolute Gasteiger partial charge is 0.310 e. The molecule has 3 aliphatic rings. The van der Waals surface area contributed by atoms with Crippen molar-refractivity contribution in [1.82, 2.24) is 5.32 Å². The molecule has 0 radical (unpaired) electrons. The number of carbonyl (C=O) groups excluding carboxylic acids is 1. The molecule has 2 bridgehead atoms. The van der Waals surface area contributed by atoms with Crippen LogP contribution in [-0.2, 0) is 14.3 Å². The Labute approximate surface area is 119 Å². The first-order chi connectivity index (χ1) is 9.58. The van der Waals surface area contributed by atoms with Gasteiger partial charge in [-0.25, -0.2) is 0 Å². The fourth-order valence-corrected chi connectivity index (χ4v) is 4.13. The summed E-state index contributed by atoms with van der Waals surface area (Å²) in [5, 5.41) is 12.5. The second-order valence-electron chi connectivity index (χ2n) is 6.56. The van der Waals surface area contributed by atoms with Gasteiger partial charge in [0.1, 0.15) is 0 Å². The van der Waals surface area contributed by atoms with Crippen LogP contribution in [0.1, 0.15) is 45.4 Å². The molecule has 5 heteroatoms. The standard InChI is InChI=1S/C15H23NO4/c1-8-4-2-3-5-9(8)16-14(17)12-10-6-7-11(20-10)13(12)15(18)19/h8-13H,2-7H2,1H3,(H,16,17)(H,18,19)/t8-,9+,10-,11-,12+,13-/m1/s1. The molecule has 6 atom stereocenters. The van der Waals surface area contributed by atoms with E-state index in [-0.39, 0.29) is 24.2 Å². The summed E-state index contributed by atoms with van der Waals surface area (Å²) in [7, 11) is 0. The molecule has 5 nitrogen and oxygen atoms in total. The van der Waals surface area contributed by atoms with Crippen molar-refractivity contribution in [3.8, 4) is 0 Å². The lowest BCUT2D eigenvalue weighted by molar-refractivity contribution is -0.148. The normalized spacial score (nSPS) is 43.5. The van der Waals surface area contributed by atoms with Crippen molar-refractivity contribution >= 4 is 11.9 Å². The van der Waals surface area contributed by atoms with Crippen LogP contribution in [0.5, 0.6) is 0 Å². The number of nitrogens with one attached hydrogen (secondary N) is 1. The lowest BCUT2D eigenvalue weighted by Gasteiger charge is -2.32. The number of fused-ring (bicyclic) bond motifs is 2. The molecule has 0 unspecified atom stereocenters. The third-order valence-electron chi connectivity index (χ3n) is 5.30. The molecule has 2 heterocycles. The first-order valence-corrected chi connectivity index (χ1v) is 7.76. The minimum atomic E-state index is -0.894. The van der Waals surface area contributed by atoms with E-state index in [4.69, 9.17) is 4.74 Å². The zero-order valence-corrected chi connectivity index (χ0v) is 11.9. The highest BCUT2D eigenvalue weighted by Crippen LogP contribution is 2.43. The molecule has 2 saturated heterocycles. The highest BCUT2D eigenvalue weighted by Gasteiger charge is 2.55. The van der Waals surface area contributed by atoms with E-state index in [2.05, 4.69) is 12.2 Å². The van der Waals surface area contributed by atoms with Crippen LogP contribution in [0.2, 0.25) is 0 Å². The Morgan fingerprint density at radius 2 is 1.70 bits per heavy atom. The first-order valence-electron chi connectivity index (χ1n) is 7.76. The maximum Gasteiger partial charge on any atom is 0.310 e. The van der Waals surface area contributed by atoms with Crippen LogP contribution in [-0.4, -0.2) is 35.2 Å². The molecule has 3 rings (SSSR count). The number of hydrogen-bond donors (Lipinski definition) is 2. The number of carboxylic acids is 1. The van der Waals surface area contributed by atoms with Gasteiger partial charge < -0.3 is 15.2 Å². The van der Waals surface area contributed by atoms with Gasteiger partial charge in [0.05, 0.1) is 24.0 Å². The summed E-state index contributed by atoms with van der Waals surface area (Å²) in [6.45, 7) is 2.16. The zero-order chi connectivity index (χ0) is 14.3. The summed E-state index contributed by atoms with van der Waals surface area (Å²) in [5.41, 5.74) is 0. The van der Waals surface area contributed by atoms with Crippen LogP contribution in [0.4, 0.5) is 0 Å². The second kappa shape index (κ2) is 5.35. The molecule has 2 aliphatic heterocycles. The molecular formula is C15H23NO4. The molecule has 112 valence electrons. The van der Waals surface area contributed by atoms with Gasteiger partial charge in [-0.3, -0.25) is 9.59 Å². The highest BCUT2D eigenvalue weighted by molar-refractivity contribution is 5.86. The van der Waals surface area contributed by atoms with E-state index >= 15 is 0 Å². The Bertz CT molecular complexity index is 411. The molecule has 0 spiro atoms.